The predicted molar refractivity (Wildman–Crippen MR) is 58.3 cm³/mol. The Labute approximate surface area is 87.0 Å². The van der Waals surface area contributed by atoms with Gasteiger partial charge in [-0.1, -0.05) is 13.8 Å². The Kier molecular flexibility index (Phi) is 3.59. The Balaban J connectivity index is 2.81. The number of hydrogen-bond acceptors (Lipinski definition) is 2. The van der Waals surface area contributed by atoms with Crippen LogP contribution in [-0.2, 0) is 4.74 Å². The highest BCUT2D eigenvalue weighted by Crippen LogP contribution is 2.39. The smallest absolute Gasteiger partial charge is 0.0887 e. The summed E-state index contributed by atoms with van der Waals surface area (Å²) >= 11 is 0. The third-order valence-corrected chi connectivity index (χ3v) is 3.24. The molecule has 2 atom stereocenters. The molecule has 2 unspecified atom stereocenters. The summed E-state index contributed by atoms with van der Waals surface area (Å²) in [4.78, 5) is 0. The maximum absolute atomic E-state index is 9.53. The second kappa shape index (κ2) is 4.35. The molecule has 2 heteroatoms. The summed E-state index contributed by atoms with van der Waals surface area (Å²) < 4.78 is 5.84. The van der Waals surface area contributed by atoms with Crippen molar-refractivity contribution >= 4 is 0 Å². The highest BCUT2D eigenvalue weighted by molar-refractivity contribution is 5.07. The molecule has 0 radical (unpaired) electrons. The van der Waals surface area contributed by atoms with E-state index in [9.17, 15) is 5.11 Å². The maximum Gasteiger partial charge on any atom is 0.0887 e. The van der Waals surface area contributed by atoms with Crippen LogP contribution in [0.1, 0.15) is 40.5 Å². The minimum Gasteiger partial charge on any atom is -0.513 e. The van der Waals surface area contributed by atoms with Crippen LogP contribution in [0.2, 0.25) is 0 Å². The lowest BCUT2D eigenvalue weighted by Gasteiger charge is -2.41. The van der Waals surface area contributed by atoms with Crippen molar-refractivity contribution < 1.29 is 9.84 Å². The summed E-state index contributed by atoms with van der Waals surface area (Å²) in [5, 5.41) is 9.53. The van der Waals surface area contributed by atoms with Crippen molar-refractivity contribution in [2.24, 2.45) is 11.8 Å². The molecule has 0 spiro atoms. The van der Waals surface area contributed by atoms with E-state index < -0.39 is 0 Å². The van der Waals surface area contributed by atoms with Crippen molar-refractivity contribution in [3.8, 4) is 0 Å². The Morgan fingerprint density at radius 2 is 2.29 bits per heavy atom. The number of allylic oxidation sites excluding steroid dienone is 1. The van der Waals surface area contributed by atoms with Crippen molar-refractivity contribution in [1.29, 1.82) is 0 Å². The van der Waals surface area contributed by atoms with Gasteiger partial charge in [0.05, 0.1) is 11.4 Å². The number of aliphatic hydroxyl groups excluding tert-OH is 1. The fraction of sp³-hybridized carbons (Fsp3) is 0.833. The number of hydrogen-bond donors (Lipinski definition) is 1. The van der Waals surface area contributed by atoms with Crippen molar-refractivity contribution in [2.45, 2.75) is 46.1 Å². The highest BCUT2D eigenvalue weighted by atomic mass is 16.5. The van der Waals surface area contributed by atoms with Crippen molar-refractivity contribution in [3.05, 3.63) is 11.8 Å². The van der Waals surface area contributed by atoms with Gasteiger partial charge in [-0.25, -0.2) is 0 Å². The van der Waals surface area contributed by atoms with Gasteiger partial charge in [0.2, 0.25) is 0 Å². The second-order valence-corrected chi connectivity index (χ2v) is 4.70. The molecule has 0 saturated heterocycles. The standard InChI is InChI=1S/C12H22O2/c1-5-14-12(4)7-6-10(13)8-11(12)9(2)3/h6,9,11,13H,5,7-8H2,1-4H3. The zero-order valence-electron chi connectivity index (χ0n) is 9.71. The van der Waals surface area contributed by atoms with Gasteiger partial charge in [-0.2, -0.15) is 0 Å². The first-order chi connectivity index (χ1) is 6.49. The molecule has 0 bridgehead atoms. The van der Waals surface area contributed by atoms with E-state index in [1.165, 1.54) is 0 Å². The minimum absolute atomic E-state index is 0.0881. The van der Waals surface area contributed by atoms with Crippen LogP contribution in [0.5, 0.6) is 0 Å². The van der Waals surface area contributed by atoms with Gasteiger partial charge in [-0.15, -0.1) is 0 Å². The third-order valence-electron chi connectivity index (χ3n) is 3.24. The first kappa shape index (κ1) is 11.6. The Morgan fingerprint density at radius 3 is 2.79 bits per heavy atom. The fourth-order valence-electron chi connectivity index (χ4n) is 2.43. The van der Waals surface area contributed by atoms with Crippen LogP contribution in [0.4, 0.5) is 0 Å². The van der Waals surface area contributed by atoms with Gasteiger partial charge in [0, 0.05) is 13.0 Å². The largest absolute Gasteiger partial charge is 0.513 e. The van der Waals surface area contributed by atoms with Crippen molar-refractivity contribution in [1.82, 2.24) is 0 Å². The van der Waals surface area contributed by atoms with Gasteiger partial charge in [0.25, 0.3) is 0 Å². The molecular formula is C12H22O2. The Hall–Kier alpha value is -0.500. The van der Waals surface area contributed by atoms with Crippen molar-refractivity contribution in [2.75, 3.05) is 6.61 Å². The molecule has 1 N–H and O–H groups in total. The van der Waals surface area contributed by atoms with Crippen LogP contribution < -0.4 is 0 Å². The topological polar surface area (TPSA) is 29.5 Å². The van der Waals surface area contributed by atoms with Crippen molar-refractivity contribution in [3.63, 3.8) is 0 Å². The van der Waals surface area contributed by atoms with E-state index in [1.807, 2.05) is 13.0 Å². The van der Waals surface area contributed by atoms with Gasteiger partial charge in [-0.05, 0) is 38.2 Å². The van der Waals surface area contributed by atoms with Crippen LogP contribution in [-0.4, -0.2) is 17.3 Å². The highest BCUT2D eigenvalue weighted by Gasteiger charge is 2.39. The summed E-state index contributed by atoms with van der Waals surface area (Å²) in [6.45, 7) is 9.32. The maximum atomic E-state index is 9.53. The van der Waals surface area contributed by atoms with Crippen LogP contribution in [0.25, 0.3) is 0 Å². The predicted octanol–water partition coefficient (Wildman–Crippen LogP) is 3.29. The molecule has 2 nitrogen and oxygen atoms in total. The molecule has 0 aliphatic heterocycles. The lowest BCUT2D eigenvalue weighted by Crippen LogP contribution is -2.42. The average Bonchev–Trinajstić information content (AvgIpc) is 2.10. The molecule has 0 aromatic carbocycles. The quantitative estimate of drug-likeness (QED) is 0.754. The van der Waals surface area contributed by atoms with E-state index >= 15 is 0 Å². The Bertz CT molecular complexity index is 220. The molecule has 0 saturated carbocycles. The molecule has 14 heavy (non-hydrogen) atoms. The van der Waals surface area contributed by atoms with Gasteiger partial charge in [0.1, 0.15) is 0 Å². The number of ether oxygens (including phenoxy) is 1. The second-order valence-electron chi connectivity index (χ2n) is 4.70. The van der Waals surface area contributed by atoms with Gasteiger partial charge in [-0.3, -0.25) is 0 Å². The molecule has 0 aromatic rings. The SMILES string of the molecule is CCOC1(C)CC=C(O)CC1C(C)C. The summed E-state index contributed by atoms with van der Waals surface area (Å²) in [5.74, 6) is 1.50. The molecule has 0 amide bonds. The molecule has 0 aromatic heterocycles. The summed E-state index contributed by atoms with van der Waals surface area (Å²) in [6, 6.07) is 0. The zero-order valence-corrected chi connectivity index (χ0v) is 9.71. The third kappa shape index (κ3) is 2.30. The van der Waals surface area contributed by atoms with E-state index in [0.717, 1.165) is 19.4 Å². The van der Waals surface area contributed by atoms with E-state index in [2.05, 4.69) is 20.8 Å². The van der Waals surface area contributed by atoms with E-state index in [1.54, 1.807) is 0 Å². The van der Waals surface area contributed by atoms with Gasteiger partial charge >= 0.3 is 0 Å². The van der Waals surface area contributed by atoms with Crippen LogP contribution in [0.15, 0.2) is 11.8 Å². The lowest BCUT2D eigenvalue weighted by molar-refractivity contribution is -0.0876. The first-order valence-corrected chi connectivity index (χ1v) is 5.51. The fourth-order valence-corrected chi connectivity index (χ4v) is 2.43. The van der Waals surface area contributed by atoms with Gasteiger partial charge < -0.3 is 9.84 Å². The summed E-state index contributed by atoms with van der Waals surface area (Å²) in [6.07, 6.45) is 3.48. The normalized spacial score (nSPS) is 33.2. The molecule has 1 aliphatic rings. The summed E-state index contributed by atoms with van der Waals surface area (Å²) in [7, 11) is 0. The Morgan fingerprint density at radius 1 is 1.64 bits per heavy atom. The first-order valence-electron chi connectivity index (χ1n) is 5.51. The monoisotopic (exact) mass is 198 g/mol. The summed E-state index contributed by atoms with van der Waals surface area (Å²) in [5.41, 5.74) is -0.0881. The zero-order chi connectivity index (χ0) is 10.8. The molecule has 0 heterocycles. The molecule has 82 valence electrons. The van der Waals surface area contributed by atoms with E-state index in [-0.39, 0.29) is 5.60 Å². The lowest BCUT2D eigenvalue weighted by atomic mass is 9.73. The molecular weight excluding hydrogens is 176 g/mol. The number of rotatable bonds is 3. The molecule has 1 rings (SSSR count). The average molecular weight is 198 g/mol. The van der Waals surface area contributed by atoms with Crippen LogP contribution in [0, 0.1) is 11.8 Å². The minimum atomic E-state index is -0.0881. The molecule has 1 aliphatic carbocycles. The van der Waals surface area contributed by atoms with Gasteiger partial charge in [0.15, 0.2) is 0 Å². The van der Waals surface area contributed by atoms with Crippen LogP contribution in [0.3, 0.4) is 0 Å². The molecule has 0 fully saturated rings. The van der Waals surface area contributed by atoms with Crippen LogP contribution >= 0.6 is 0 Å². The van der Waals surface area contributed by atoms with E-state index in [0.29, 0.717) is 17.6 Å². The van der Waals surface area contributed by atoms with E-state index in [4.69, 9.17) is 4.74 Å². The number of aliphatic hydroxyl groups is 1.